The Bertz CT molecular complexity index is 476. The minimum atomic E-state index is -0.408. The first-order valence-corrected chi connectivity index (χ1v) is 7.27. The van der Waals surface area contributed by atoms with Crippen LogP contribution in [0.3, 0.4) is 0 Å². The van der Waals surface area contributed by atoms with Crippen LogP contribution >= 0.6 is 0 Å². The molecule has 0 radical (unpaired) electrons. The predicted molar refractivity (Wildman–Crippen MR) is 79.9 cm³/mol. The number of esters is 1. The van der Waals surface area contributed by atoms with Crippen molar-refractivity contribution in [3.63, 3.8) is 0 Å². The number of nitrogens with zero attached hydrogens (tertiary/aromatic N) is 2. The molecule has 5 nitrogen and oxygen atoms in total. The smallest absolute Gasteiger partial charge is 0.340 e. The van der Waals surface area contributed by atoms with Gasteiger partial charge in [0.05, 0.1) is 24.6 Å². The number of rotatable bonds is 3. The lowest BCUT2D eigenvalue weighted by atomic mass is 10.1. The SMILES string of the molecule is CCC1CCCCCN1c1cc(C(=O)OC)c(N)cn1. The normalized spacial score (nSPS) is 19.5. The molecule has 20 heavy (non-hydrogen) atoms. The first-order chi connectivity index (χ1) is 9.67. The number of hydrogen-bond donors (Lipinski definition) is 1. The van der Waals surface area contributed by atoms with E-state index >= 15 is 0 Å². The second-order valence-corrected chi connectivity index (χ2v) is 5.23. The van der Waals surface area contributed by atoms with Crippen molar-refractivity contribution in [2.75, 3.05) is 24.3 Å². The molecule has 0 spiro atoms. The van der Waals surface area contributed by atoms with Crippen LogP contribution in [-0.2, 0) is 4.74 Å². The van der Waals surface area contributed by atoms with Crippen LogP contribution in [0.2, 0.25) is 0 Å². The summed E-state index contributed by atoms with van der Waals surface area (Å²) in [6.45, 7) is 3.18. The Morgan fingerprint density at radius 2 is 2.30 bits per heavy atom. The van der Waals surface area contributed by atoms with Crippen molar-refractivity contribution in [1.82, 2.24) is 4.98 Å². The van der Waals surface area contributed by atoms with E-state index in [0.29, 0.717) is 17.3 Å². The highest BCUT2D eigenvalue weighted by Crippen LogP contribution is 2.26. The third-order valence-corrected chi connectivity index (χ3v) is 3.97. The highest BCUT2D eigenvalue weighted by atomic mass is 16.5. The number of aromatic nitrogens is 1. The van der Waals surface area contributed by atoms with Gasteiger partial charge >= 0.3 is 5.97 Å². The number of carbonyl (C=O) groups is 1. The van der Waals surface area contributed by atoms with Crippen LogP contribution in [0.5, 0.6) is 0 Å². The molecule has 1 atom stereocenters. The molecule has 2 N–H and O–H groups in total. The minimum Gasteiger partial charge on any atom is -0.465 e. The van der Waals surface area contributed by atoms with E-state index in [1.165, 1.54) is 26.4 Å². The van der Waals surface area contributed by atoms with Crippen molar-refractivity contribution in [2.24, 2.45) is 0 Å². The molecule has 1 aliphatic heterocycles. The molecular weight excluding hydrogens is 254 g/mol. The summed E-state index contributed by atoms with van der Waals surface area (Å²) in [5.41, 5.74) is 6.58. The number of methoxy groups -OCH3 is 1. The van der Waals surface area contributed by atoms with E-state index in [4.69, 9.17) is 10.5 Å². The van der Waals surface area contributed by atoms with E-state index in [9.17, 15) is 4.79 Å². The van der Waals surface area contributed by atoms with Gasteiger partial charge in [0.15, 0.2) is 0 Å². The van der Waals surface area contributed by atoms with Crippen molar-refractivity contribution in [1.29, 1.82) is 0 Å². The monoisotopic (exact) mass is 277 g/mol. The maximum atomic E-state index is 11.7. The van der Waals surface area contributed by atoms with Gasteiger partial charge in [-0.05, 0) is 25.3 Å². The van der Waals surface area contributed by atoms with Crippen LogP contribution in [0.15, 0.2) is 12.3 Å². The summed E-state index contributed by atoms with van der Waals surface area (Å²) in [6.07, 6.45) is 7.49. The maximum Gasteiger partial charge on any atom is 0.340 e. The number of hydrogen-bond acceptors (Lipinski definition) is 5. The first kappa shape index (κ1) is 14.6. The molecule has 1 saturated heterocycles. The van der Waals surface area contributed by atoms with Gasteiger partial charge in [-0.1, -0.05) is 19.8 Å². The molecule has 5 heteroatoms. The van der Waals surface area contributed by atoms with Crippen LogP contribution in [0.25, 0.3) is 0 Å². The molecule has 0 aromatic carbocycles. The van der Waals surface area contributed by atoms with Gasteiger partial charge in [-0.2, -0.15) is 0 Å². The largest absolute Gasteiger partial charge is 0.465 e. The number of anilines is 2. The molecule has 2 heterocycles. The molecule has 1 aromatic rings. The van der Waals surface area contributed by atoms with Gasteiger partial charge in [-0.3, -0.25) is 0 Å². The number of nitrogen functional groups attached to an aromatic ring is 1. The Balaban J connectivity index is 2.32. The van der Waals surface area contributed by atoms with Crippen LogP contribution in [0.4, 0.5) is 11.5 Å². The summed E-state index contributed by atoms with van der Waals surface area (Å²) in [5, 5.41) is 0. The predicted octanol–water partition coefficient (Wildman–Crippen LogP) is 2.61. The third kappa shape index (κ3) is 3.03. The Hall–Kier alpha value is -1.78. The molecule has 2 rings (SSSR count). The zero-order valence-electron chi connectivity index (χ0n) is 12.3. The van der Waals surface area contributed by atoms with E-state index < -0.39 is 5.97 Å². The third-order valence-electron chi connectivity index (χ3n) is 3.97. The van der Waals surface area contributed by atoms with E-state index in [2.05, 4.69) is 16.8 Å². The van der Waals surface area contributed by atoms with Gasteiger partial charge in [0.2, 0.25) is 0 Å². The summed E-state index contributed by atoms with van der Waals surface area (Å²) >= 11 is 0. The minimum absolute atomic E-state index is 0.364. The average Bonchev–Trinajstić information content (AvgIpc) is 2.72. The fourth-order valence-corrected chi connectivity index (χ4v) is 2.80. The average molecular weight is 277 g/mol. The molecule has 1 fully saturated rings. The second-order valence-electron chi connectivity index (χ2n) is 5.23. The van der Waals surface area contributed by atoms with Crippen molar-refractivity contribution in [2.45, 2.75) is 45.1 Å². The van der Waals surface area contributed by atoms with Crippen LogP contribution in [-0.4, -0.2) is 30.6 Å². The molecular formula is C15H23N3O2. The van der Waals surface area contributed by atoms with Gasteiger partial charge < -0.3 is 15.4 Å². The van der Waals surface area contributed by atoms with Crippen LogP contribution in [0.1, 0.15) is 49.4 Å². The van der Waals surface area contributed by atoms with Gasteiger partial charge in [0.25, 0.3) is 0 Å². The number of carbonyl (C=O) groups excluding carboxylic acids is 1. The van der Waals surface area contributed by atoms with E-state index in [0.717, 1.165) is 25.2 Å². The molecule has 0 aliphatic carbocycles. The Morgan fingerprint density at radius 1 is 1.50 bits per heavy atom. The summed E-state index contributed by atoms with van der Waals surface area (Å²) in [4.78, 5) is 18.5. The zero-order valence-corrected chi connectivity index (χ0v) is 12.3. The standard InChI is InChI=1S/C15H23N3O2/c1-3-11-7-5-4-6-8-18(11)14-9-12(15(19)20-2)13(16)10-17-14/h9-11H,3-8,16H2,1-2H3. The van der Waals surface area contributed by atoms with Crippen LogP contribution in [0, 0.1) is 0 Å². The Kier molecular flexibility index (Phi) is 4.82. The molecule has 0 amide bonds. The number of nitrogens with two attached hydrogens (primary N) is 1. The highest BCUT2D eigenvalue weighted by molar-refractivity contribution is 5.95. The van der Waals surface area contributed by atoms with E-state index in [1.807, 2.05) is 0 Å². The summed E-state index contributed by atoms with van der Waals surface area (Å²) < 4.78 is 4.77. The van der Waals surface area contributed by atoms with Gasteiger partial charge in [0.1, 0.15) is 5.82 Å². The first-order valence-electron chi connectivity index (χ1n) is 7.27. The second kappa shape index (κ2) is 6.59. The van der Waals surface area contributed by atoms with Crippen LogP contribution < -0.4 is 10.6 Å². The zero-order chi connectivity index (χ0) is 14.5. The van der Waals surface area contributed by atoms with Crippen molar-refractivity contribution in [3.8, 4) is 0 Å². The topological polar surface area (TPSA) is 68.5 Å². The summed E-state index contributed by atoms with van der Waals surface area (Å²) in [7, 11) is 1.36. The Morgan fingerprint density at radius 3 is 3.00 bits per heavy atom. The molecule has 1 unspecified atom stereocenters. The van der Waals surface area contributed by atoms with Gasteiger partial charge in [-0.25, -0.2) is 9.78 Å². The number of pyridine rings is 1. The van der Waals surface area contributed by atoms with Crippen molar-refractivity contribution < 1.29 is 9.53 Å². The highest BCUT2D eigenvalue weighted by Gasteiger charge is 2.22. The quantitative estimate of drug-likeness (QED) is 0.860. The van der Waals surface area contributed by atoms with E-state index in [-0.39, 0.29) is 0 Å². The number of ether oxygens (including phenoxy) is 1. The van der Waals surface area contributed by atoms with Gasteiger partial charge in [0, 0.05) is 12.6 Å². The summed E-state index contributed by atoms with van der Waals surface area (Å²) in [5.74, 6) is 0.419. The lowest BCUT2D eigenvalue weighted by Crippen LogP contribution is -2.35. The van der Waals surface area contributed by atoms with Gasteiger partial charge in [-0.15, -0.1) is 0 Å². The van der Waals surface area contributed by atoms with Crippen molar-refractivity contribution >= 4 is 17.5 Å². The Labute approximate surface area is 120 Å². The fraction of sp³-hybridized carbons (Fsp3) is 0.600. The molecule has 110 valence electrons. The summed E-state index contributed by atoms with van der Waals surface area (Å²) in [6, 6.07) is 2.24. The fourth-order valence-electron chi connectivity index (χ4n) is 2.80. The van der Waals surface area contributed by atoms with E-state index in [1.54, 1.807) is 12.3 Å². The lowest BCUT2D eigenvalue weighted by molar-refractivity contribution is 0.0602. The van der Waals surface area contributed by atoms with Crippen molar-refractivity contribution in [3.05, 3.63) is 17.8 Å². The lowest BCUT2D eigenvalue weighted by Gasteiger charge is -2.30. The molecule has 1 aromatic heterocycles. The molecule has 0 bridgehead atoms. The molecule has 0 saturated carbocycles. The molecule has 1 aliphatic rings. The maximum absolute atomic E-state index is 11.7.